The molecule has 4 nitrogen and oxygen atoms in total. The van der Waals surface area contributed by atoms with Crippen molar-refractivity contribution in [2.45, 2.75) is 133 Å². The molecule has 214 valence electrons. The first kappa shape index (κ1) is 28.2. The summed E-state index contributed by atoms with van der Waals surface area (Å²) in [6.07, 6.45) is 11.6. The first-order valence-corrected chi connectivity index (χ1v) is 15.6. The number of hydrogen-bond donors (Lipinski definition) is 0. The number of carbonyl (C=O) groups is 2. The van der Waals surface area contributed by atoms with Crippen molar-refractivity contribution in [3.8, 4) is 0 Å². The zero-order chi connectivity index (χ0) is 28.1. The minimum absolute atomic E-state index is 0.00161. The van der Waals surface area contributed by atoms with Crippen LogP contribution in [0.15, 0.2) is 11.6 Å². The van der Waals surface area contributed by atoms with Gasteiger partial charge in [0.1, 0.15) is 12.2 Å². The minimum Gasteiger partial charge on any atom is -0.462 e. The van der Waals surface area contributed by atoms with Gasteiger partial charge >= 0.3 is 11.9 Å². The number of ether oxygens (including phenoxy) is 2. The lowest BCUT2D eigenvalue weighted by atomic mass is 9.34. The molecular weight excluding hydrogens is 472 g/mol. The Labute approximate surface area is 232 Å². The topological polar surface area (TPSA) is 52.6 Å². The molecule has 0 aromatic heterocycles. The average molecular weight is 527 g/mol. The van der Waals surface area contributed by atoms with Gasteiger partial charge in [0.25, 0.3) is 0 Å². The fourth-order valence-electron chi connectivity index (χ4n) is 11.7. The monoisotopic (exact) mass is 526 g/mol. The Hall–Kier alpha value is -1.32. The van der Waals surface area contributed by atoms with E-state index >= 15 is 0 Å². The van der Waals surface area contributed by atoms with E-state index in [1.807, 2.05) is 0 Å². The van der Waals surface area contributed by atoms with Crippen molar-refractivity contribution in [2.24, 2.45) is 56.7 Å². The average Bonchev–Trinajstić information content (AvgIpc) is 3.15. The molecule has 3 unspecified atom stereocenters. The SMILES string of the molecule is CC(=O)O[C@H]1CC[C@@]2(C)C(CC[C@]3(C)C2CC=C2C4[C@H](C(C)C)CC[C@]4(C)[C@@H](OC(C)=O)C[C@]23C)C1(C)C. The van der Waals surface area contributed by atoms with Gasteiger partial charge in [-0.05, 0) is 97.2 Å². The number of carbonyl (C=O) groups excluding carboxylic acids is 2. The van der Waals surface area contributed by atoms with Gasteiger partial charge in [-0.15, -0.1) is 0 Å². The van der Waals surface area contributed by atoms with Crippen molar-refractivity contribution in [3.63, 3.8) is 0 Å². The van der Waals surface area contributed by atoms with E-state index in [9.17, 15) is 9.59 Å². The predicted molar refractivity (Wildman–Crippen MR) is 151 cm³/mol. The zero-order valence-corrected chi connectivity index (χ0v) is 25.9. The maximum absolute atomic E-state index is 12.4. The Morgan fingerprint density at radius 3 is 2.03 bits per heavy atom. The van der Waals surface area contributed by atoms with Crippen molar-refractivity contribution in [3.05, 3.63) is 11.6 Å². The standard InChI is InChI=1S/C34H54O4/c1-20(2)23-13-16-32(8)28(38-22(4)36)19-34(10)24(29(23)32)11-12-26-31(7)17-15-27(37-21(3)35)30(5,6)25(31)14-18-33(26,34)9/h11,20,23,25-29H,12-19H2,1-10H3/t23-,25?,26?,27-,28-,29?,31-,32+,33+,34+/m0/s1. The Morgan fingerprint density at radius 1 is 0.816 bits per heavy atom. The molecule has 0 N–H and O–H groups in total. The van der Waals surface area contributed by atoms with Crippen LogP contribution in [0.4, 0.5) is 0 Å². The largest absolute Gasteiger partial charge is 0.462 e. The van der Waals surface area contributed by atoms with E-state index in [-0.39, 0.29) is 51.2 Å². The maximum Gasteiger partial charge on any atom is 0.302 e. The quantitative estimate of drug-likeness (QED) is 0.275. The van der Waals surface area contributed by atoms with E-state index < -0.39 is 0 Å². The molecule has 4 heteroatoms. The van der Waals surface area contributed by atoms with Gasteiger partial charge in [0.05, 0.1) is 0 Å². The minimum atomic E-state index is -0.150. The van der Waals surface area contributed by atoms with E-state index in [1.165, 1.54) is 19.3 Å². The molecule has 0 aromatic carbocycles. The third-order valence-corrected chi connectivity index (χ3v) is 13.7. The van der Waals surface area contributed by atoms with Crippen LogP contribution < -0.4 is 0 Å². The Bertz CT molecular complexity index is 1030. The van der Waals surface area contributed by atoms with Crippen molar-refractivity contribution in [1.82, 2.24) is 0 Å². The lowest BCUT2D eigenvalue weighted by Crippen LogP contribution is -2.66. The summed E-state index contributed by atoms with van der Waals surface area (Å²) in [5.74, 6) is 2.58. The molecule has 5 rings (SSSR count). The summed E-state index contributed by atoms with van der Waals surface area (Å²) in [6.45, 7) is 22.8. The summed E-state index contributed by atoms with van der Waals surface area (Å²) >= 11 is 0. The summed E-state index contributed by atoms with van der Waals surface area (Å²) in [7, 11) is 0. The lowest BCUT2D eigenvalue weighted by Gasteiger charge is -2.71. The van der Waals surface area contributed by atoms with E-state index in [2.05, 4.69) is 61.5 Å². The molecule has 0 spiro atoms. The fraction of sp³-hybridized carbons (Fsp3) is 0.882. The molecule has 5 aliphatic carbocycles. The second kappa shape index (κ2) is 8.84. The van der Waals surface area contributed by atoms with Gasteiger partial charge < -0.3 is 9.47 Å². The molecule has 38 heavy (non-hydrogen) atoms. The summed E-state index contributed by atoms with van der Waals surface area (Å²) in [5.41, 5.74) is 2.06. The number of rotatable bonds is 3. The van der Waals surface area contributed by atoms with Gasteiger partial charge in [-0.25, -0.2) is 0 Å². The van der Waals surface area contributed by atoms with Crippen LogP contribution in [-0.2, 0) is 19.1 Å². The first-order valence-electron chi connectivity index (χ1n) is 15.6. The molecule has 4 saturated carbocycles. The highest BCUT2D eigenvalue weighted by atomic mass is 16.5. The number of hydrogen-bond acceptors (Lipinski definition) is 4. The molecule has 0 saturated heterocycles. The first-order chi connectivity index (χ1) is 17.5. The van der Waals surface area contributed by atoms with Gasteiger partial charge in [-0.3, -0.25) is 9.59 Å². The lowest BCUT2D eigenvalue weighted by molar-refractivity contribution is -0.219. The van der Waals surface area contributed by atoms with Crippen molar-refractivity contribution in [1.29, 1.82) is 0 Å². The van der Waals surface area contributed by atoms with E-state index in [4.69, 9.17) is 9.47 Å². The van der Waals surface area contributed by atoms with Crippen LogP contribution in [0.5, 0.6) is 0 Å². The van der Waals surface area contributed by atoms with Crippen LogP contribution in [0.25, 0.3) is 0 Å². The van der Waals surface area contributed by atoms with Crippen LogP contribution in [0, 0.1) is 56.7 Å². The Kier molecular flexibility index (Phi) is 6.56. The molecule has 10 atom stereocenters. The zero-order valence-electron chi connectivity index (χ0n) is 25.9. The second-order valence-electron chi connectivity index (χ2n) is 16.0. The van der Waals surface area contributed by atoms with Crippen LogP contribution in [0.3, 0.4) is 0 Å². The summed E-state index contributed by atoms with van der Waals surface area (Å²) in [5, 5.41) is 0. The van der Waals surface area contributed by atoms with Crippen molar-refractivity contribution >= 4 is 11.9 Å². The number of fused-ring (bicyclic) bond motifs is 7. The van der Waals surface area contributed by atoms with Gasteiger partial charge in [-0.1, -0.05) is 67.0 Å². The Morgan fingerprint density at radius 2 is 1.42 bits per heavy atom. The highest BCUT2D eigenvalue weighted by molar-refractivity contribution is 5.66. The van der Waals surface area contributed by atoms with E-state index in [0.717, 1.165) is 32.1 Å². The smallest absolute Gasteiger partial charge is 0.302 e. The summed E-state index contributed by atoms with van der Waals surface area (Å²) in [4.78, 5) is 24.4. The van der Waals surface area contributed by atoms with Gasteiger partial charge in [0.2, 0.25) is 0 Å². The number of esters is 2. The van der Waals surface area contributed by atoms with Crippen LogP contribution >= 0.6 is 0 Å². The summed E-state index contributed by atoms with van der Waals surface area (Å²) < 4.78 is 12.2. The molecular formula is C34H54O4. The molecule has 0 bridgehead atoms. The molecule has 5 aliphatic rings. The van der Waals surface area contributed by atoms with E-state index in [1.54, 1.807) is 19.4 Å². The molecule has 0 aliphatic heterocycles. The molecule has 0 heterocycles. The van der Waals surface area contributed by atoms with Crippen LogP contribution in [-0.4, -0.2) is 24.1 Å². The van der Waals surface area contributed by atoms with Crippen molar-refractivity contribution < 1.29 is 19.1 Å². The van der Waals surface area contributed by atoms with Gasteiger partial charge in [0.15, 0.2) is 0 Å². The van der Waals surface area contributed by atoms with Crippen LogP contribution in [0.1, 0.15) is 121 Å². The Balaban J connectivity index is 1.59. The number of allylic oxidation sites excluding steroid dienone is 2. The molecule has 0 aromatic rings. The van der Waals surface area contributed by atoms with Gasteiger partial charge in [0, 0.05) is 24.7 Å². The maximum atomic E-state index is 12.4. The third-order valence-electron chi connectivity index (χ3n) is 13.7. The van der Waals surface area contributed by atoms with Gasteiger partial charge in [-0.2, -0.15) is 0 Å². The normalized spacial score (nSPS) is 49.2. The van der Waals surface area contributed by atoms with Crippen LogP contribution in [0.2, 0.25) is 0 Å². The fourth-order valence-corrected chi connectivity index (χ4v) is 11.7. The summed E-state index contributed by atoms with van der Waals surface area (Å²) in [6, 6.07) is 0. The molecule has 4 fully saturated rings. The molecule has 0 amide bonds. The van der Waals surface area contributed by atoms with E-state index in [0.29, 0.717) is 29.6 Å². The second-order valence-corrected chi connectivity index (χ2v) is 16.0. The predicted octanol–water partition coefficient (Wildman–Crippen LogP) is 8.14. The van der Waals surface area contributed by atoms with Crippen molar-refractivity contribution in [2.75, 3.05) is 0 Å². The third kappa shape index (κ3) is 3.66. The highest BCUT2D eigenvalue weighted by Crippen LogP contribution is 2.76. The highest BCUT2D eigenvalue weighted by Gasteiger charge is 2.70. The molecule has 0 radical (unpaired) electrons.